The molecule has 0 bridgehead atoms. The van der Waals surface area contributed by atoms with Crippen LogP contribution in [-0.4, -0.2) is 14.1 Å². The van der Waals surface area contributed by atoms with E-state index in [9.17, 15) is 0 Å². The smallest absolute Gasteiger partial charge is 0.0699 e. The van der Waals surface area contributed by atoms with Gasteiger partial charge in [-0.1, -0.05) is 151 Å². The molecule has 2 heterocycles. The number of fused-ring (bicyclic) bond motifs is 6. The molecule has 11 rings (SSSR count). The van der Waals surface area contributed by atoms with Gasteiger partial charge in [0.15, 0.2) is 0 Å². The Balaban J connectivity index is 1.24. The first kappa shape index (κ1) is 39.5. The summed E-state index contributed by atoms with van der Waals surface area (Å²) in [5.74, 6) is 0. The SMILES string of the molecule is CN1c2ccccc2N(c2ccc3c(-c4ccc(C(C)(C)C)cc4)c4cc(N5c6ccccc6N(C)c6ccccc65)ccc4c(-c4ccc(C(C)(C)C)cc4)c3c2)c2ccccc21. The fourth-order valence-electron chi connectivity index (χ4n) is 10.2. The number of benzene rings is 9. The highest BCUT2D eigenvalue weighted by atomic mass is 15.3. The van der Waals surface area contributed by atoms with Crippen molar-refractivity contribution >= 4 is 78.4 Å². The summed E-state index contributed by atoms with van der Waals surface area (Å²) in [5.41, 5.74) is 19.2. The standard InChI is InChI=1S/C60H54N4/c1-59(2,3)41-29-25-39(26-30-41)57-45-35-33-44(64-55-23-15-11-19-51(55)62(8)52-20-12-16-24-56(52)64)38-48(45)58(40-27-31-42(32-28-40)60(4,5)6)46-36-34-43(37-47(46)57)63-53-21-13-9-17-49(53)61(7)50-18-10-14-22-54(50)63/h9-38H,1-8H3. The van der Waals surface area contributed by atoms with Gasteiger partial charge in [-0.25, -0.2) is 0 Å². The molecule has 314 valence electrons. The average molecular weight is 831 g/mol. The van der Waals surface area contributed by atoms with Crippen molar-refractivity contribution in [3.63, 3.8) is 0 Å². The van der Waals surface area contributed by atoms with E-state index >= 15 is 0 Å². The third-order valence-electron chi connectivity index (χ3n) is 13.6. The quantitative estimate of drug-likeness (QED) is 0.164. The van der Waals surface area contributed by atoms with Crippen LogP contribution in [0, 0.1) is 0 Å². The van der Waals surface area contributed by atoms with Crippen LogP contribution in [0.3, 0.4) is 0 Å². The van der Waals surface area contributed by atoms with Crippen LogP contribution in [0.4, 0.5) is 56.9 Å². The molecule has 0 unspecified atom stereocenters. The highest BCUT2D eigenvalue weighted by molar-refractivity contribution is 6.23. The van der Waals surface area contributed by atoms with Gasteiger partial charge in [0.25, 0.3) is 0 Å². The Morgan fingerprint density at radius 1 is 0.297 bits per heavy atom. The van der Waals surface area contributed by atoms with Gasteiger partial charge in [0.05, 0.1) is 45.5 Å². The lowest BCUT2D eigenvalue weighted by Gasteiger charge is -2.39. The van der Waals surface area contributed by atoms with Crippen LogP contribution in [0.1, 0.15) is 52.7 Å². The lowest BCUT2D eigenvalue weighted by Crippen LogP contribution is -2.24. The summed E-state index contributed by atoms with van der Waals surface area (Å²) in [4.78, 5) is 9.52. The minimum absolute atomic E-state index is 0.0328. The molecule has 0 fully saturated rings. The molecule has 2 aliphatic heterocycles. The van der Waals surface area contributed by atoms with E-state index in [1.165, 1.54) is 77.7 Å². The number of hydrogen-bond donors (Lipinski definition) is 0. The largest absolute Gasteiger partial charge is 0.341 e. The molecule has 0 saturated carbocycles. The molecule has 0 radical (unpaired) electrons. The topological polar surface area (TPSA) is 13.0 Å². The first-order valence-corrected chi connectivity index (χ1v) is 22.6. The Hall–Kier alpha value is -7.30. The molecule has 0 spiro atoms. The molecule has 64 heavy (non-hydrogen) atoms. The van der Waals surface area contributed by atoms with Gasteiger partial charge in [0.2, 0.25) is 0 Å². The zero-order valence-corrected chi connectivity index (χ0v) is 38.1. The van der Waals surface area contributed by atoms with Crippen molar-refractivity contribution < 1.29 is 0 Å². The third-order valence-corrected chi connectivity index (χ3v) is 13.6. The van der Waals surface area contributed by atoms with Crippen LogP contribution in [0.2, 0.25) is 0 Å². The van der Waals surface area contributed by atoms with E-state index in [0.717, 1.165) is 34.1 Å². The number of para-hydroxylation sites is 8. The second-order valence-electron chi connectivity index (χ2n) is 19.6. The van der Waals surface area contributed by atoms with Crippen molar-refractivity contribution in [3.05, 3.63) is 193 Å². The molecular formula is C60H54N4. The van der Waals surface area contributed by atoms with Crippen molar-refractivity contribution in [1.82, 2.24) is 0 Å². The second kappa shape index (κ2) is 14.6. The van der Waals surface area contributed by atoms with Gasteiger partial charge in [-0.2, -0.15) is 0 Å². The van der Waals surface area contributed by atoms with Crippen molar-refractivity contribution in [2.75, 3.05) is 33.7 Å². The minimum Gasteiger partial charge on any atom is -0.341 e. The average Bonchev–Trinajstić information content (AvgIpc) is 3.30. The lowest BCUT2D eigenvalue weighted by molar-refractivity contribution is 0.590. The van der Waals surface area contributed by atoms with Crippen molar-refractivity contribution in [2.24, 2.45) is 0 Å². The van der Waals surface area contributed by atoms with Gasteiger partial charge in [-0.05, 0) is 139 Å². The Morgan fingerprint density at radius 3 is 0.859 bits per heavy atom. The number of hydrogen-bond acceptors (Lipinski definition) is 4. The monoisotopic (exact) mass is 830 g/mol. The maximum atomic E-state index is 2.45. The normalized spacial score (nSPS) is 13.5. The molecule has 9 aromatic carbocycles. The predicted molar refractivity (Wildman–Crippen MR) is 275 cm³/mol. The predicted octanol–water partition coefficient (Wildman–Crippen LogP) is 17.0. The van der Waals surface area contributed by atoms with E-state index in [0.29, 0.717) is 0 Å². The Labute approximate surface area is 378 Å². The number of nitrogens with zero attached hydrogens (tertiary/aromatic N) is 4. The van der Waals surface area contributed by atoms with E-state index in [4.69, 9.17) is 0 Å². The van der Waals surface area contributed by atoms with Gasteiger partial charge in [-0.3, -0.25) is 0 Å². The van der Waals surface area contributed by atoms with Gasteiger partial charge in [0, 0.05) is 25.5 Å². The van der Waals surface area contributed by atoms with Gasteiger partial charge >= 0.3 is 0 Å². The summed E-state index contributed by atoms with van der Waals surface area (Å²) in [6.45, 7) is 13.8. The molecule has 0 aromatic heterocycles. The lowest BCUT2D eigenvalue weighted by atomic mass is 9.82. The van der Waals surface area contributed by atoms with E-state index in [1.807, 2.05) is 0 Å². The minimum atomic E-state index is 0.0328. The third kappa shape index (κ3) is 6.26. The summed E-state index contributed by atoms with van der Waals surface area (Å²) in [5, 5.41) is 4.89. The van der Waals surface area contributed by atoms with Crippen molar-refractivity contribution in [2.45, 2.75) is 52.4 Å². The van der Waals surface area contributed by atoms with E-state index in [2.05, 4.69) is 257 Å². The zero-order valence-electron chi connectivity index (χ0n) is 38.1. The molecule has 4 nitrogen and oxygen atoms in total. The molecule has 0 saturated heterocycles. The summed E-state index contributed by atoms with van der Waals surface area (Å²) in [6.07, 6.45) is 0. The highest BCUT2D eigenvalue weighted by Crippen LogP contribution is 2.55. The first-order chi connectivity index (χ1) is 30.9. The van der Waals surface area contributed by atoms with Crippen LogP contribution in [-0.2, 0) is 10.8 Å². The summed E-state index contributed by atoms with van der Waals surface area (Å²) < 4.78 is 0. The number of rotatable bonds is 4. The van der Waals surface area contributed by atoms with Crippen LogP contribution >= 0.6 is 0 Å². The molecule has 0 amide bonds. The molecule has 4 heteroatoms. The van der Waals surface area contributed by atoms with Crippen LogP contribution in [0.25, 0.3) is 43.8 Å². The zero-order chi connectivity index (χ0) is 44.1. The second-order valence-corrected chi connectivity index (χ2v) is 19.6. The molecule has 0 atom stereocenters. The summed E-state index contributed by atoms with van der Waals surface area (Å²) >= 11 is 0. The maximum Gasteiger partial charge on any atom is 0.0699 e. The van der Waals surface area contributed by atoms with Crippen LogP contribution < -0.4 is 19.6 Å². The molecule has 9 aromatic rings. The molecule has 2 aliphatic rings. The summed E-state index contributed by atoms with van der Waals surface area (Å²) in [7, 11) is 4.34. The van der Waals surface area contributed by atoms with Crippen LogP contribution in [0.15, 0.2) is 182 Å². The fourth-order valence-corrected chi connectivity index (χ4v) is 10.2. The summed E-state index contributed by atoms with van der Waals surface area (Å²) in [6, 6.07) is 68.1. The molecular weight excluding hydrogens is 777 g/mol. The van der Waals surface area contributed by atoms with E-state index < -0.39 is 0 Å². The van der Waals surface area contributed by atoms with Gasteiger partial charge in [-0.15, -0.1) is 0 Å². The number of anilines is 10. The Morgan fingerprint density at radius 2 is 0.578 bits per heavy atom. The fraction of sp³-hybridized carbons (Fsp3) is 0.167. The maximum absolute atomic E-state index is 2.45. The Bertz CT molecular complexity index is 2960. The molecule has 0 N–H and O–H groups in total. The molecule has 0 aliphatic carbocycles. The Kier molecular flexibility index (Phi) is 9.04. The van der Waals surface area contributed by atoms with Crippen LogP contribution in [0.5, 0.6) is 0 Å². The first-order valence-electron chi connectivity index (χ1n) is 22.6. The highest BCUT2D eigenvalue weighted by Gasteiger charge is 2.30. The van der Waals surface area contributed by atoms with Crippen molar-refractivity contribution in [3.8, 4) is 22.3 Å². The van der Waals surface area contributed by atoms with Gasteiger partial charge < -0.3 is 19.6 Å². The van der Waals surface area contributed by atoms with E-state index in [-0.39, 0.29) is 10.8 Å². The van der Waals surface area contributed by atoms with Gasteiger partial charge in [0.1, 0.15) is 0 Å². The van der Waals surface area contributed by atoms with Crippen molar-refractivity contribution in [1.29, 1.82) is 0 Å². The van der Waals surface area contributed by atoms with E-state index in [1.54, 1.807) is 0 Å².